The van der Waals surface area contributed by atoms with E-state index >= 15 is 0 Å². The van der Waals surface area contributed by atoms with Gasteiger partial charge in [-0.1, -0.05) is 13.8 Å². The normalized spacial score (nSPS) is 16.2. The molecule has 0 fully saturated rings. The van der Waals surface area contributed by atoms with Crippen LogP contribution in [0.25, 0.3) is 0 Å². The lowest BCUT2D eigenvalue weighted by atomic mass is 9.89. The zero-order valence-corrected chi connectivity index (χ0v) is 8.39. The molecule has 0 spiro atoms. The number of halogens is 2. The molecule has 0 aliphatic carbocycles. The lowest BCUT2D eigenvalue weighted by Crippen LogP contribution is -2.36. The molecule has 0 bridgehead atoms. The Balaban J connectivity index is 4.01. The second-order valence-corrected chi connectivity index (χ2v) is 3.71. The molecule has 0 N–H and O–H groups in total. The van der Waals surface area contributed by atoms with Gasteiger partial charge in [0.05, 0.1) is 6.54 Å². The minimum absolute atomic E-state index is 0.274. The van der Waals surface area contributed by atoms with Crippen LogP contribution in [0.1, 0.15) is 20.3 Å². The zero-order valence-electron chi connectivity index (χ0n) is 8.39. The Bertz CT molecular complexity index is 164. The Morgan fingerprint density at radius 3 is 2.38 bits per heavy atom. The van der Waals surface area contributed by atoms with Gasteiger partial charge in [-0.3, -0.25) is 4.90 Å². The molecule has 1 unspecified atom stereocenters. The van der Waals surface area contributed by atoms with Crippen molar-refractivity contribution in [1.82, 2.24) is 4.90 Å². The summed E-state index contributed by atoms with van der Waals surface area (Å²) in [5, 5.41) is 0. The van der Waals surface area contributed by atoms with Crippen LogP contribution in [0.15, 0.2) is 0 Å². The van der Waals surface area contributed by atoms with E-state index in [1.54, 1.807) is 14.0 Å². The molecule has 0 aromatic heterocycles. The van der Waals surface area contributed by atoms with Crippen molar-refractivity contribution in [2.24, 2.45) is 5.41 Å². The minimum Gasteiger partial charge on any atom is -0.303 e. The van der Waals surface area contributed by atoms with Crippen LogP contribution in [0.4, 0.5) is 8.78 Å². The van der Waals surface area contributed by atoms with Crippen molar-refractivity contribution >= 4 is 6.29 Å². The summed E-state index contributed by atoms with van der Waals surface area (Å²) in [7, 11) is 1.60. The fourth-order valence-electron chi connectivity index (χ4n) is 1.15. The van der Waals surface area contributed by atoms with Crippen LogP contribution in [-0.2, 0) is 4.79 Å². The van der Waals surface area contributed by atoms with Gasteiger partial charge in [0.15, 0.2) is 0 Å². The first-order chi connectivity index (χ1) is 5.93. The topological polar surface area (TPSA) is 20.3 Å². The third-order valence-corrected chi connectivity index (χ3v) is 2.17. The SMILES string of the molecule is CCC(C)(C=O)CN(C)CC(F)F. The van der Waals surface area contributed by atoms with E-state index in [2.05, 4.69) is 0 Å². The molecular weight excluding hydrogens is 176 g/mol. The van der Waals surface area contributed by atoms with Crippen LogP contribution in [0.3, 0.4) is 0 Å². The maximum Gasteiger partial charge on any atom is 0.251 e. The number of rotatable bonds is 6. The van der Waals surface area contributed by atoms with E-state index in [0.717, 1.165) is 6.29 Å². The van der Waals surface area contributed by atoms with Crippen LogP contribution in [0.5, 0.6) is 0 Å². The monoisotopic (exact) mass is 193 g/mol. The summed E-state index contributed by atoms with van der Waals surface area (Å²) in [6, 6.07) is 0. The minimum atomic E-state index is -2.34. The molecule has 13 heavy (non-hydrogen) atoms. The van der Waals surface area contributed by atoms with E-state index in [-0.39, 0.29) is 6.54 Å². The molecule has 0 amide bonds. The van der Waals surface area contributed by atoms with Crippen molar-refractivity contribution in [1.29, 1.82) is 0 Å². The first-order valence-corrected chi connectivity index (χ1v) is 4.36. The molecule has 78 valence electrons. The van der Waals surface area contributed by atoms with E-state index in [0.29, 0.717) is 13.0 Å². The van der Waals surface area contributed by atoms with Gasteiger partial charge in [0, 0.05) is 12.0 Å². The number of aldehydes is 1. The molecule has 2 nitrogen and oxygen atoms in total. The van der Waals surface area contributed by atoms with E-state index in [9.17, 15) is 13.6 Å². The molecule has 0 aromatic rings. The van der Waals surface area contributed by atoms with Crippen molar-refractivity contribution < 1.29 is 13.6 Å². The highest BCUT2D eigenvalue weighted by atomic mass is 19.3. The molecule has 4 heteroatoms. The first kappa shape index (κ1) is 12.5. The van der Waals surface area contributed by atoms with Crippen molar-refractivity contribution in [2.75, 3.05) is 20.1 Å². The van der Waals surface area contributed by atoms with Crippen LogP contribution in [0.2, 0.25) is 0 Å². The molecule has 0 heterocycles. The van der Waals surface area contributed by atoms with Gasteiger partial charge in [-0.25, -0.2) is 8.78 Å². The van der Waals surface area contributed by atoms with Crippen LogP contribution < -0.4 is 0 Å². The highest BCUT2D eigenvalue weighted by Crippen LogP contribution is 2.18. The highest BCUT2D eigenvalue weighted by Gasteiger charge is 2.24. The fourth-order valence-corrected chi connectivity index (χ4v) is 1.15. The highest BCUT2D eigenvalue weighted by molar-refractivity contribution is 5.58. The smallest absolute Gasteiger partial charge is 0.251 e. The quantitative estimate of drug-likeness (QED) is 0.599. The van der Waals surface area contributed by atoms with Crippen LogP contribution in [-0.4, -0.2) is 37.7 Å². The summed E-state index contributed by atoms with van der Waals surface area (Å²) >= 11 is 0. The Hall–Kier alpha value is -0.510. The molecule has 0 radical (unpaired) electrons. The number of hydrogen-bond donors (Lipinski definition) is 0. The maximum atomic E-state index is 11.9. The fraction of sp³-hybridized carbons (Fsp3) is 0.889. The average molecular weight is 193 g/mol. The van der Waals surface area contributed by atoms with Gasteiger partial charge in [0.2, 0.25) is 0 Å². The number of carbonyl (C=O) groups is 1. The van der Waals surface area contributed by atoms with Gasteiger partial charge in [0.25, 0.3) is 6.43 Å². The van der Waals surface area contributed by atoms with Gasteiger partial charge < -0.3 is 4.79 Å². The average Bonchev–Trinajstić information content (AvgIpc) is 2.02. The summed E-state index contributed by atoms with van der Waals surface area (Å²) in [5.41, 5.74) is -0.496. The van der Waals surface area contributed by atoms with Gasteiger partial charge in [0.1, 0.15) is 6.29 Å². The first-order valence-electron chi connectivity index (χ1n) is 4.36. The molecular formula is C9H17F2NO. The van der Waals surface area contributed by atoms with Crippen LogP contribution >= 0.6 is 0 Å². The molecule has 0 aliphatic rings. The zero-order chi connectivity index (χ0) is 10.5. The number of alkyl halides is 2. The standard InChI is InChI=1S/C9H17F2NO/c1-4-9(2,7-13)6-12(3)5-8(10)11/h7-8H,4-6H2,1-3H3. The predicted molar refractivity (Wildman–Crippen MR) is 48.0 cm³/mol. The lowest BCUT2D eigenvalue weighted by molar-refractivity contribution is -0.116. The number of nitrogens with zero attached hydrogens (tertiary/aromatic N) is 1. The number of hydrogen-bond acceptors (Lipinski definition) is 2. The molecule has 0 aromatic carbocycles. The largest absolute Gasteiger partial charge is 0.303 e. The summed E-state index contributed by atoms with van der Waals surface area (Å²) in [5.74, 6) is 0. The third-order valence-electron chi connectivity index (χ3n) is 2.17. The summed E-state index contributed by atoms with van der Waals surface area (Å²) in [6.07, 6.45) is -0.822. The van der Waals surface area contributed by atoms with Crippen molar-refractivity contribution in [3.8, 4) is 0 Å². The second-order valence-electron chi connectivity index (χ2n) is 3.71. The molecule has 0 saturated carbocycles. The van der Waals surface area contributed by atoms with E-state index in [1.807, 2.05) is 6.92 Å². The lowest BCUT2D eigenvalue weighted by Gasteiger charge is -2.27. The van der Waals surface area contributed by atoms with Crippen molar-refractivity contribution in [2.45, 2.75) is 26.7 Å². The molecule has 0 saturated heterocycles. The molecule has 1 atom stereocenters. The molecule has 0 aliphatic heterocycles. The van der Waals surface area contributed by atoms with Gasteiger partial charge in [-0.15, -0.1) is 0 Å². The van der Waals surface area contributed by atoms with E-state index in [1.165, 1.54) is 4.90 Å². The van der Waals surface area contributed by atoms with Gasteiger partial charge >= 0.3 is 0 Å². The van der Waals surface area contributed by atoms with Crippen LogP contribution in [0, 0.1) is 5.41 Å². The summed E-state index contributed by atoms with van der Waals surface area (Å²) in [6.45, 7) is 3.77. The Kier molecular flexibility index (Phi) is 5.06. The predicted octanol–water partition coefficient (Wildman–Crippen LogP) is 1.80. The van der Waals surface area contributed by atoms with Crippen molar-refractivity contribution in [3.05, 3.63) is 0 Å². The Labute approximate surface area is 77.9 Å². The van der Waals surface area contributed by atoms with Crippen molar-refractivity contribution in [3.63, 3.8) is 0 Å². The maximum absolute atomic E-state index is 11.9. The molecule has 0 rings (SSSR count). The third kappa shape index (κ3) is 4.93. The number of carbonyl (C=O) groups excluding carboxylic acids is 1. The van der Waals surface area contributed by atoms with Gasteiger partial charge in [-0.2, -0.15) is 0 Å². The Morgan fingerprint density at radius 1 is 1.54 bits per heavy atom. The van der Waals surface area contributed by atoms with Gasteiger partial charge in [-0.05, 0) is 13.5 Å². The summed E-state index contributed by atoms with van der Waals surface area (Å²) < 4.78 is 23.9. The Morgan fingerprint density at radius 2 is 2.08 bits per heavy atom. The van der Waals surface area contributed by atoms with E-state index < -0.39 is 11.8 Å². The van der Waals surface area contributed by atoms with E-state index in [4.69, 9.17) is 0 Å². The summed E-state index contributed by atoms with van der Waals surface area (Å²) in [4.78, 5) is 12.2. The second kappa shape index (κ2) is 5.27.